The predicted octanol–water partition coefficient (Wildman–Crippen LogP) is 2.42. The van der Waals surface area contributed by atoms with Crippen LogP contribution in [0.1, 0.15) is 17.5 Å². The average molecular weight is 225 g/mol. The van der Waals surface area contributed by atoms with E-state index in [1.165, 1.54) is 11.1 Å². The molecule has 0 bridgehead atoms. The summed E-state index contributed by atoms with van der Waals surface area (Å²) in [6, 6.07) is 8.38. The van der Waals surface area contributed by atoms with Crippen LogP contribution >= 0.6 is 11.8 Å². The molecule has 0 aliphatic carbocycles. The Hall–Kier alpha value is -0.510. The summed E-state index contributed by atoms with van der Waals surface area (Å²) in [5.41, 5.74) is 8.30. The van der Waals surface area contributed by atoms with E-state index in [-0.39, 0.29) is 0 Å². The van der Waals surface area contributed by atoms with Gasteiger partial charge in [0.15, 0.2) is 0 Å². The third-order valence-electron chi connectivity index (χ3n) is 2.23. The lowest BCUT2D eigenvalue weighted by molar-refractivity contribution is 0.200. The van der Waals surface area contributed by atoms with Crippen molar-refractivity contribution in [2.75, 3.05) is 19.5 Å². The van der Waals surface area contributed by atoms with Gasteiger partial charge in [0.2, 0.25) is 0 Å². The van der Waals surface area contributed by atoms with Crippen molar-refractivity contribution in [2.45, 2.75) is 18.7 Å². The summed E-state index contributed by atoms with van der Waals surface area (Å²) in [6.07, 6.45) is 1.12. The van der Waals surface area contributed by atoms with Crippen LogP contribution in [0.15, 0.2) is 24.3 Å². The lowest BCUT2D eigenvalue weighted by atomic mass is 10.1. The first-order valence-corrected chi connectivity index (χ1v) is 6.37. The van der Waals surface area contributed by atoms with Crippen LogP contribution < -0.4 is 5.73 Å². The summed E-state index contributed by atoms with van der Waals surface area (Å²) in [7, 11) is 1.74. The number of nitrogens with two attached hydrogens (primary N) is 1. The van der Waals surface area contributed by atoms with Gasteiger partial charge in [0.1, 0.15) is 0 Å². The molecule has 1 aromatic rings. The molecule has 3 heteroatoms. The molecule has 0 heterocycles. The maximum absolute atomic E-state index is 5.67. The summed E-state index contributed by atoms with van der Waals surface area (Å²) in [4.78, 5) is 0. The van der Waals surface area contributed by atoms with Crippen LogP contribution in [0.4, 0.5) is 0 Å². The van der Waals surface area contributed by atoms with E-state index in [0.717, 1.165) is 24.5 Å². The molecule has 0 unspecified atom stereocenters. The van der Waals surface area contributed by atoms with Crippen molar-refractivity contribution in [3.05, 3.63) is 35.4 Å². The minimum Gasteiger partial charge on any atom is -0.385 e. The molecule has 0 amide bonds. The van der Waals surface area contributed by atoms with Crippen molar-refractivity contribution in [3.8, 4) is 0 Å². The van der Waals surface area contributed by atoms with E-state index in [4.69, 9.17) is 10.5 Å². The number of thioether (sulfide) groups is 1. The number of benzene rings is 1. The zero-order chi connectivity index (χ0) is 10.9. The monoisotopic (exact) mass is 225 g/mol. The highest BCUT2D eigenvalue weighted by molar-refractivity contribution is 7.98. The van der Waals surface area contributed by atoms with Crippen LogP contribution in [0.5, 0.6) is 0 Å². The Kier molecular flexibility index (Phi) is 6.48. The highest BCUT2D eigenvalue weighted by Gasteiger charge is 1.99. The summed E-state index contributed by atoms with van der Waals surface area (Å²) in [6.45, 7) is 1.49. The molecule has 0 aliphatic rings. The Morgan fingerprint density at radius 3 is 2.67 bits per heavy atom. The second-order valence-electron chi connectivity index (χ2n) is 3.37. The first kappa shape index (κ1) is 12.6. The third-order valence-corrected chi connectivity index (χ3v) is 3.33. The van der Waals surface area contributed by atoms with E-state index < -0.39 is 0 Å². The fraction of sp³-hybridized carbons (Fsp3) is 0.500. The van der Waals surface area contributed by atoms with Crippen molar-refractivity contribution in [3.63, 3.8) is 0 Å². The van der Waals surface area contributed by atoms with Crippen LogP contribution in [0.25, 0.3) is 0 Å². The fourth-order valence-corrected chi connectivity index (χ4v) is 2.35. The number of rotatable bonds is 7. The quantitative estimate of drug-likeness (QED) is 0.724. The van der Waals surface area contributed by atoms with E-state index in [9.17, 15) is 0 Å². The Balaban J connectivity index is 2.30. The van der Waals surface area contributed by atoms with Crippen LogP contribution in [0.2, 0.25) is 0 Å². The van der Waals surface area contributed by atoms with Gasteiger partial charge in [0.25, 0.3) is 0 Å². The van der Waals surface area contributed by atoms with Crippen molar-refractivity contribution >= 4 is 11.8 Å². The van der Waals surface area contributed by atoms with E-state index in [2.05, 4.69) is 18.2 Å². The number of hydrogen-bond donors (Lipinski definition) is 1. The lowest BCUT2D eigenvalue weighted by Gasteiger charge is -2.06. The number of methoxy groups -OCH3 is 1. The van der Waals surface area contributed by atoms with Crippen molar-refractivity contribution in [2.24, 2.45) is 5.73 Å². The second kappa shape index (κ2) is 7.74. The SMILES string of the molecule is COCCCSCc1ccccc1CN. The zero-order valence-corrected chi connectivity index (χ0v) is 10.1. The molecule has 0 spiro atoms. The molecule has 0 saturated heterocycles. The van der Waals surface area contributed by atoms with Crippen LogP contribution in [-0.4, -0.2) is 19.5 Å². The smallest absolute Gasteiger partial charge is 0.0470 e. The maximum Gasteiger partial charge on any atom is 0.0470 e. The molecule has 0 aromatic heterocycles. The first-order valence-electron chi connectivity index (χ1n) is 5.22. The molecule has 84 valence electrons. The van der Waals surface area contributed by atoms with Gasteiger partial charge in [-0.05, 0) is 23.3 Å². The molecule has 0 saturated carbocycles. The topological polar surface area (TPSA) is 35.2 Å². The molecule has 0 aliphatic heterocycles. The number of hydrogen-bond acceptors (Lipinski definition) is 3. The summed E-state index contributed by atoms with van der Waals surface area (Å²) in [5.74, 6) is 2.20. The summed E-state index contributed by atoms with van der Waals surface area (Å²) < 4.78 is 5.01. The van der Waals surface area contributed by atoms with Gasteiger partial charge in [0, 0.05) is 26.0 Å². The fourth-order valence-electron chi connectivity index (χ4n) is 1.38. The molecule has 2 nitrogen and oxygen atoms in total. The van der Waals surface area contributed by atoms with Crippen LogP contribution in [0.3, 0.4) is 0 Å². The molecule has 15 heavy (non-hydrogen) atoms. The van der Waals surface area contributed by atoms with Crippen molar-refractivity contribution in [1.82, 2.24) is 0 Å². The highest BCUT2D eigenvalue weighted by Crippen LogP contribution is 2.16. The van der Waals surface area contributed by atoms with Crippen molar-refractivity contribution in [1.29, 1.82) is 0 Å². The van der Waals surface area contributed by atoms with Crippen LogP contribution in [0, 0.1) is 0 Å². The molecular formula is C12H19NOS. The molecular weight excluding hydrogens is 206 g/mol. The Labute approximate surface area is 96.2 Å². The minimum atomic E-state index is 0.634. The Bertz CT molecular complexity index is 278. The van der Waals surface area contributed by atoms with Gasteiger partial charge in [-0.3, -0.25) is 0 Å². The van der Waals surface area contributed by atoms with Gasteiger partial charge in [-0.1, -0.05) is 24.3 Å². The van der Waals surface area contributed by atoms with E-state index in [1.54, 1.807) is 7.11 Å². The predicted molar refractivity (Wildman–Crippen MR) is 67.0 cm³/mol. The molecule has 0 fully saturated rings. The lowest BCUT2D eigenvalue weighted by Crippen LogP contribution is -2.00. The average Bonchev–Trinajstić information content (AvgIpc) is 2.29. The van der Waals surface area contributed by atoms with Gasteiger partial charge < -0.3 is 10.5 Å². The molecule has 1 aromatic carbocycles. The Morgan fingerprint density at radius 1 is 1.27 bits per heavy atom. The van der Waals surface area contributed by atoms with Gasteiger partial charge in [-0.25, -0.2) is 0 Å². The van der Waals surface area contributed by atoms with Gasteiger partial charge >= 0.3 is 0 Å². The van der Waals surface area contributed by atoms with Gasteiger partial charge in [0.05, 0.1) is 0 Å². The molecule has 0 radical (unpaired) electrons. The van der Waals surface area contributed by atoms with E-state index in [0.29, 0.717) is 6.54 Å². The number of ether oxygens (including phenoxy) is 1. The highest BCUT2D eigenvalue weighted by atomic mass is 32.2. The normalized spacial score (nSPS) is 10.5. The summed E-state index contributed by atoms with van der Waals surface area (Å²) in [5, 5.41) is 0. The van der Waals surface area contributed by atoms with Gasteiger partial charge in [-0.2, -0.15) is 11.8 Å². The summed E-state index contributed by atoms with van der Waals surface area (Å²) >= 11 is 1.94. The third kappa shape index (κ3) is 4.69. The Morgan fingerprint density at radius 2 is 2.00 bits per heavy atom. The van der Waals surface area contributed by atoms with E-state index in [1.807, 2.05) is 17.8 Å². The second-order valence-corrected chi connectivity index (χ2v) is 4.48. The zero-order valence-electron chi connectivity index (χ0n) is 9.24. The van der Waals surface area contributed by atoms with E-state index >= 15 is 0 Å². The van der Waals surface area contributed by atoms with Crippen LogP contribution in [-0.2, 0) is 17.0 Å². The largest absolute Gasteiger partial charge is 0.385 e. The first-order chi connectivity index (χ1) is 7.38. The molecule has 0 atom stereocenters. The standard InChI is InChI=1S/C12H19NOS/c1-14-7-4-8-15-10-12-6-3-2-5-11(12)9-13/h2-3,5-6H,4,7-10,13H2,1H3. The molecule has 1 rings (SSSR count). The van der Waals surface area contributed by atoms with Crippen molar-refractivity contribution < 1.29 is 4.74 Å². The van der Waals surface area contributed by atoms with Gasteiger partial charge in [-0.15, -0.1) is 0 Å². The minimum absolute atomic E-state index is 0.634. The maximum atomic E-state index is 5.67. The molecule has 2 N–H and O–H groups in total.